The molecule has 0 spiro atoms. The number of hydrogen-bond acceptors (Lipinski definition) is 3. The van der Waals surface area contributed by atoms with Gasteiger partial charge in [-0.1, -0.05) is 25.3 Å². The second-order valence-electron chi connectivity index (χ2n) is 5.78. The monoisotopic (exact) mass is 301 g/mol. The molecule has 5 nitrogen and oxygen atoms in total. The Morgan fingerprint density at radius 3 is 2.77 bits per heavy atom. The number of anilines is 1. The lowest BCUT2D eigenvalue weighted by Crippen LogP contribution is -2.45. The lowest BCUT2D eigenvalue weighted by atomic mass is 9.94. The lowest BCUT2D eigenvalue weighted by molar-refractivity contribution is 0.144. The van der Waals surface area contributed by atoms with Gasteiger partial charge in [-0.2, -0.15) is 5.26 Å². The van der Waals surface area contributed by atoms with Crippen LogP contribution in [0.1, 0.15) is 43.2 Å². The van der Waals surface area contributed by atoms with E-state index in [1.165, 1.54) is 6.42 Å². The molecule has 2 amide bonds. The molecule has 2 rings (SSSR count). The summed E-state index contributed by atoms with van der Waals surface area (Å²) in [6.07, 6.45) is 5.45. The van der Waals surface area contributed by atoms with Crippen molar-refractivity contribution in [2.24, 2.45) is 0 Å². The maximum absolute atomic E-state index is 12.6. The van der Waals surface area contributed by atoms with Crippen molar-refractivity contribution in [3.8, 4) is 6.07 Å². The third-order valence-corrected chi connectivity index (χ3v) is 4.23. The lowest BCUT2D eigenvalue weighted by Gasteiger charge is -2.34. The average molecular weight is 301 g/mol. The second-order valence-corrected chi connectivity index (χ2v) is 5.78. The molecule has 0 unspecified atom stereocenters. The number of carbonyl (C=O) groups excluding carboxylic acids is 1. The van der Waals surface area contributed by atoms with Gasteiger partial charge in [0.25, 0.3) is 0 Å². The SMILES string of the molecule is Cc1ccc(C#N)cc1NC(=O)N(CCO)C1CCCCC1. The normalized spacial score (nSPS) is 15.1. The van der Waals surface area contributed by atoms with E-state index in [9.17, 15) is 9.90 Å². The zero-order valence-corrected chi connectivity index (χ0v) is 13.0. The minimum Gasteiger partial charge on any atom is -0.395 e. The highest BCUT2D eigenvalue weighted by Crippen LogP contribution is 2.24. The highest BCUT2D eigenvalue weighted by Gasteiger charge is 2.25. The van der Waals surface area contributed by atoms with Crippen molar-refractivity contribution < 1.29 is 9.90 Å². The third kappa shape index (κ3) is 3.99. The van der Waals surface area contributed by atoms with Gasteiger partial charge in [-0.05, 0) is 37.5 Å². The Bertz CT molecular complexity index is 560. The number of nitrogens with one attached hydrogen (secondary N) is 1. The summed E-state index contributed by atoms with van der Waals surface area (Å²) >= 11 is 0. The van der Waals surface area contributed by atoms with Crippen molar-refractivity contribution in [2.75, 3.05) is 18.5 Å². The summed E-state index contributed by atoms with van der Waals surface area (Å²) in [5, 5.41) is 21.1. The number of urea groups is 1. The fourth-order valence-electron chi connectivity index (χ4n) is 2.96. The van der Waals surface area contributed by atoms with Gasteiger partial charge in [-0.25, -0.2) is 4.79 Å². The van der Waals surface area contributed by atoms with E-state index in [0.29, 0.717) is 17.8 Å². The fraction of sp³-hybridized carbons (Fsp3) is 0.529. The van der Waals surface area contributed by atoms with Crippen molar-refractivity contribution in [3.05, 3.63) is 29.3 Å². The van der Waals surface area contributed by atoms with Gasteiger partial charge in [0.15, 0.2) is 0 Å². The molecule has 1 fully saturated rings. The fourth-order valence-corrected chi connectivity index (χ4v) is 2.96. The van der Waals surface area contributed by atoms with E-state index < -0.39 is 0 Å². The molecule has 0 heterocycles. The van der Waals surface area contributed by atoms with Gasteiger partial charge in [-0.3, -0.25) is 0 Å². The van der Waals surface area contributed by atoms with Crippen molar-refractivity contribution in [1.29, 1.82) is 5.26 Å². The molecule has 22 heavy (non-hydrogen) atoms. The molecule has 1 aliphatic rings. The highest BCUT2D eigenvalue weighted by molar-refractivity contribution is 5.90. The Morgan fingerprint density at radius 2 is 2.14 bits per heavy atom. The van der Waals surface area contributed by atoms with Gasteiger partial charge in [0.1, 0.15) is 0 Å². The van der Waals surface area contributed by atoms with E-state index in [4.69, 9.17) is 5.26 Å². The van der Waals surface area contributed by atoms with E-state index in [1.807, 2.05) is 13.0 Å². The van der Waals surface area contributed by atoms with Crippen LogP contribution in [-0.2, 0) is 0 Å². The first kappa shape index (κ1) is 16.3. The minimum atomic E-state index is -0.195. The third-order valence-electron chi connectivity index (χ3n) is 4.23. The molecule has 1 aromatic carbocycles. The Labute approximate surface area is 131 Å². The number of amides is 2. The van der Waals surface area contributed by atoms with E-state index in [1.54, 1.807) is 17.0 Å². The molecule has 1 aliphatic carbocycles. The predicted molar refractivity (Wildman–Crippen MR) is 85.6 cm³/mol. The molecule has 118 valence electrons. The smallest absolute Gasteiger partial charge is 0.322 e. The van der Waals surface area contributed by atoms with Gasteiger partial charge in [0, 0.05) is 18.3 Å². The largest absolute Gasteiger partial charge is 0.395 e. The Balaban J connectivity index is 2.12. The van der Waals surface area contributed by atoms with Gasteiger partial charge in [0.05, 0.1) is 18.2 Å². The number of benzene rings is 1. The van der Waals surface area contributed by atoms with Gasteiger partial charge >= 0.3 is 6.03 Å². The molecule has 0 saturated heterocycles. The van der Waals surface area contributed by atoms with Crippen LogP contribution in [0.15, 0.2) is 18.2 Å². The molecular formula is C17H23N3O2. The molecule has 1 saturated carbocycles. The maximum Gasteiger partial charge on any atom is 0.322 e. The van der Waals surface area contributed by atoms with E-state index in [-0.39, 0.29) is 18.7 Å². The maximum atomic E-state index is 12.6. The first-order valence-corrected chi connectivity index (χ1v) is 7.85. The molecule has 0 atom stereocenters. The van der Waals surface area contributed by atoms with Crippen molar-refractivity contribution in [1.82, 2.24) is 4.90 Å². The van der Waals surface area contributed by atoms with Crippen LogP contribution in [0, 0.1) is 18.3 Å². The van der Waals surface area contributed by atoms with Crippen LogP contribution >= 0.6 is 0 Å². The number of carbonyl (C=O) groups is 1. The molecule has 1 aromatic rings. The zero-order chi connectivity index (χ0) is 15.9. The summed E-state index contributed by atoms with van der Waals surface area (Å²) in [6.45, 7) is 2.20. The quantitative estimate of drug-likeness (QED) is 0.897. The van der Waals surface area contributed by atoms with E-state index in [2.05, 4.69) is 11.4 Å². The molecule has 0 radical (unpaired) electrons. The first-order chi connectivity index (χ1) is 10.7. The Kier molecular flexibility index (Phi) is 5.79. The summed E-state index contributed by atoms with van der Waals surface area (Å²) in [6, 6.07) is 7.32. The van der Waals surface area contributed by atoms with Crippen molar-refractivity contribution in [2.45, 2.75) is 45.1 Å². The Hall–Kier alpha value is -2.06. The van der Waals surface area contributed by atoms with Gasteiger partial charge in [0.2, 0.25) is 0 Å². The number of nitrogens with zero attached hydrogens (tertiary/aromatic N) is 2. The number of rotatable bonds is 4. The summed E-state index contributed by atoms with van der Waals surface area (Å²) in [4.78, 5) is 14.3. The van der Waals surface area contributed by atoms with Gasteiger partial charge < -0.3 is 15.3 Å². The zero-order valence-electron chi connectivity index (χ0n) is 13.0. The summed E-state index contributed by atoms with van der Waals surface area (Å²) in [5.41, 5.74) is 2.09. The number of hydrogen-bond donors (Lipinski definition) is 2. The van der Waals surface area contributed by atoms with Crippen LogP contribution in [0.4, 0.5) is 10.5 Å². The number of aryl methyl sites for hydroxylation is 1. The molecular weight excluding hydrogens is 278 g/mol. The molecule has 0 bridgehead atoms. The predicted octanol–water partition coefficient (Wildman–Crippen LogP) is 3.03. The first-order valence-electron chi connectivity index (χ1n) is 7.85. The number of aliphatic hydroxyl groups is 1. The minimum absolute atomic E-state index is 0.0405. The topological polar surface area (TPSA) is 76.4 Å². The highest BCUT2D eigenvalue weighted by atomic mass is 16.3. The Morgan fingerprint density at radius 1 is 1.41 bits per heavy atom. The van der Waals surface area contributed by atoms with E-state index >= 15 is 0 Å². The van der Waals surface area contributed by atoms with Crippen LogP contribution < -0.4 is 5.32 Å². The van der Waals surface area contributed by atoms with Crippen LogP contribution in [0.25, 0.3) is 0 Å². The summed E-state index contributed by atoms with van der Waals surface area (Å²) in [5.74, 6) is 0. The molecule has 5 heteroatoms. The van der Waals surface area contributed by atoms with Crippen LogP contribution in [0.3, 0.4) is 0 Å². The number of nitriles is 1. The number of aliphatic hydroxyl groups excluding tert-OH is 1. The second kappa shape index (κ2) is 7.81. The van der Waals surface area contributed by atoms with Crippen LogP contribution in [0.5, 0.6) is 0 Å². The van der Waals surface area contributed by atoms with Crippen molar-refractivity contribution in [3.63, 3.8) is 0 Å². The summed E-state index contributed by atoms with van der Waals surface area (Å²) < 4.78 is 0. The summed E-state index contributed by atoms with van der Waals surface area (Å²) in [7, 11) is 0. The van der Waals surface area contributed by atoms with Crippen LogP contribution in [-0.4, -0.2) is 35.2 Å². The molecule has 2 N–H and O–H groups in total. The van der Waals surface area contributed by atoms with Gasteiger partial charge in [-0.15, -0.1) is 0 Å². The van der Waals surface area contributed by atoms with Crippen molar-refractivity contribution >= 4 is 11.7 Å². The van der Waals surface area contributed by atoms with E-state index in [0.717, 1.165) is 31.2 Å². The molecule has 0 aliphatic heterocycles. The average Bonchev–Trinajstić information content (AvgIpc) is 2.55. The van der Waals surface area contributed by atoms with Crippen LogP contribution in [0.2, 0.25) is 0 Å². The standard InChI is InChI=1S/C17H23N3O2/c1-13-7-8-14(12-18)11-16(13)19-17(22)20(9-10-21)15-5-3-2-4-6-15/h7-8,11,15,21H,2-6,9-10H2,1H3,(H,19,22). The molecule has 0 aromatic heterocycles.